The van der Waals surface area contributed by atoms with Gasteiger partial charge >= 0.3 is 0 Å². The lowest BCUT2D eigenvalue weighted by Crippen LogP contribution is -2.31. The number of halogens is 1. The lowest BCUT2D eigenvalue weighted by molar-refractivity contribution is -0.120. The topological polar surface area (TPSA) is 63.1 Å². The van der Waals surface area contributed by atoms with Crippen LogP contribution in [-0.4, -0.2) is 45.2 Å². The smallest absolute Gasteiger partial charge is 0.224 e. The van der Waals surface area contributed by atoms with Crippen LogP contribution in [0.25, 0.3) is 0 Å². The number of aromatic nitrogens is 3. The summed E-state index contributed by atoms with van der Waals surface area (Å²) in [4.78, 5) is 14.7. The van der Waals surface area contributed by atoms with E-state index in [2.05, 4.69) is 56.2 Å². The minimum Gasteiger partial charge on any atom is -0.349 e. The standard InChI is InChI=1S/C24H28FN5O/c1-18(20-7-3-2-4-8-20)17-29-11-10-22-27-28-23(30(22)13-12-29)16-26-24(31)15-19-6-5-9-21(25)14-19/h2-9,14,18H,10-13,15-17H2,1H3,(H,26,31)/t18-/m1/s1. The van der Waals surface area contributed by atoms with Gasteiger partial charge in [-0.2, -0.15) is 0 Å². The maximum atomic E-state index is 13.3. The number of benzene rings is 2. The zero-order chi connectivity index (χ0) is 21.6. The lowest BCUT2D eigenvalue weighted by Gasteiger charge is -2.24. The van der Waals surface area contributed by atoms with Crippen molar-refractivity contribution in [2.75, 3.05) is 19.6 Å². The minimum absolute atomic E-state index is 0.143. The van der Waals surface area contributed by atoms with Gasteiger partial charge in [0.1, 0.15) is 11.6 Å². The summed E-state index contributed by atoms with van der Waals surface area (Å²) in [5, 5.41) is 11.5. The Morgan fingerprint density at radius 1 is 1.10 bits per heavy atom. The van der Waals surface area contributed by atoms with E-state index in [1.807, 2.05) is 6.07 Å². The molecule has 7 heteroatoms. The van der Waals surface area contributed by atoms with E-state index in [9.17, 15) is 9.18 Å². The highest BCUT2D eigenvalue weighted by Gasteiger charge is 2.20. The largest absolute Gasteiger partial charge is 0.349 e. The molecule has 2 aromatic carbocycles. The molecule has 0 fully saturated rings. The molecule has 1 aromatic heterocycles. The van der Waals surface area contributed by atoms with Crippen LogP contribution in [0, 0.1) is 5.82 Å². The first kappa shape index (κ1) is 21.2. The van der Waals surface area contributed by atoms with Crippen LogP contribution in [-0.2, 0) is 30.7 Å². The van der Waals surface area contributed by atoms with Crippen molar-refractivity contribution in [3.8, 4) is 0 Å². The first-order valence-electron chi connectivity index (χ1n) is 10.8. The Morgan fingerprint density at radius 2 is 1.94 bits per heavy atom. The third kappa shape index (κ3) is 5.55. The molecule has 3 aromatic rings. The van der Waals surface area contributed by atoms with Crippen molar-refractivity contribution >= 4 is 5.91 Å². The van der Waals surface area contributed by atoms with Gasteiger partial charge < -0.3 is 14.8 Å². The van der Waals surface area contributed by atoms with Crippen LogP contribution in [0.4, 0.5) is 4.39 Å². The van der Waals surface area contributed by atoms with Crippen molar-refractivity contribution in [2.45, 2.75) is 38.8 Å². The summed E-state index contributed by atoms with van der Waals surface area (Å²) in [6.07, 6.45) is 0.982. The second kappa shape index (κ2) is 9.83. The Morgan fingerprint density at radius 3 is 2.74 bits per heavy atom. The van der Waals surface area contributed by atoms with E-state index in [-0.39, 0.29) is 18.1 Å². The molecule has 0 unspecified atom stereocenters. The monoisotopic (exact) mass is 421 g/mol. The third-order valence-electron chi connectivity index (χ3n) is 5.79. The van der Waals surface area contributed by atoms with E-state index < -0.39 is 0 Å². The highest BCUT2D eigenvalue weighted by molar-refractivity contribution is 5.78. The normalized spacial score (nSPS) is 15.2. The maximum absolute atomic E-state index is 13.3. The average molecular weight is 422 g/mol. The molecule has 0 saturated heterocycles. The molecule has 0 aliphatic carbocycles. The maximum Gasteiger partial charge on any atom is 0.224 e. The fraction of sp³-hybridized carbons (Fsp3) is 0.375. The number of nitrogens with zero attached hydrogens (tertiary/aromatic N) is 4. The molecule has 0 spiro atoms. The van der Waals surface area contributed by atoms with Crippen molar-refractivity contribution in [3.05, 3.63) is 83.2 Å². The summed E-state index contributed by atoms with van der Waals surface area (Å²) >= 11 is 0. The van der Waals surface area contributed by atoms with Gasteiger partial charge in [-0.1, -0.05) is 49.4 Å². The molecule has 1 aliphatic heterocycles. The molecule has 1 atom stereocenters. The molecule has 0 radical (unpaired) electrons. The molecular formula is C24H28FN5O. The van der Waals surface area contributed by atoms with Crippen LogP contribution in [0.1, 0.15) is 35.6 Å². The number of nitrogens with one attached hydrogen (secondary N) is 1. The van der Waals surface area contributed by atoms with E-state index in [1.54, 1.807) is 12.1 Å². The second-order valence-corrected chi connectivity index (χ2v) is 8.13. The highest BCUT2D eigenvalue weighted by atomic mass is 19.1. The quantitative estimate of drug-likeness (QED) is 0.637. The van der Waals surface area contributed by atoms with Crippen LogP contribution < -0.4 is 5.32 Å². The number of amides is 1. The summed E-state index contributed by atoms with van der Waals surface area (Å²) in [5.74, 6) is 1.70. The van der Waals surface area contributed by atoms with Gasteiger partial charge in [0.05, 0.1) is 13.0 Å². The van der Waals surface area contributed by atoms with Crippen LogP contribution >= 0.6 is 0 Å². The van der Waals surface area contributed by atoms with Gasteiger partial charge in [-0.25, -0.2) is 4.39 Å². The van der Waals surface area contributed by atoms with E-state index in [0.29, 0.717) is 18.0 Å². The van der Waals surface area contributed by atoms with Crippen LogP contribution in [0.5, 0.6) is 0 Å². The van der Waals surface area contributed by atoms with Gasteiger partial charge in [-0.15, -0.1) is 10.2 Å². The number of fused-ring (bicyclic) bond motifs is 1. The molecule has 4 rings (SSSR count). The van der Waals surface area contributed by atoms with E-state index in [4.69, 9.17) is 0 Å². The summed E-state index contributed by atoms with van der Waals surface area (Å²) < 4.78 is 15.4. The summed E-state index contributed by atoms with van der Waals surface area (Å²) in [5.41, 5.74) is 2.01. The van der Waals surface area contributed by atoms with E-state index in [1.165, 1.54) is 17.7 Å². The summed E-state index contributed by atoms with van der Waals surface area (Å²) in [6.45, 7) is 6.26. The van der Waals surface area contributed by atoms with Gasteiger partial charge in [0.2, 0.25) is 5.91 Å². The molecule has 1 amide bonds. The number of hydrogen-bond donors (Lipinski definition) is 1. The third-order valence-corrected chi connectivity index (χ3v) is 5.79. The molecule has 1 aliphatic rings. The number of rotatable bonds is 7. The lowest BCUT2D eigenvalue weighted by atomic mass is 10.0. The van der Waals surface area contributed by atoms with Crippen molar-refractivity contribution in [1.29, 1.82) is 0 Å². The molecule has 2 heterocycles. The van der Waals surface area contributed by atoms with Crippen LogP contribution in [0.2, 0.25) is 0 Å². The minimum atomic E-state index is -0.334. The van der Waals surface area contributed by atoms with Gasteiger partial charge in [0, 0.05) is 32.6 Å². The van der Waals surface area contributed by atoms with Crippen LogP contribution in [0.15, 0.2) is 54.6 Å². The zero-order valence-corrected chi connectivity index (χ0v) is 17.8. The van der Waals surface area contributed by atoms with Gasteiger partial charge in [0.25, 0.3) is 0 Å². The number of carbonyl (C=O) groups excluding carboxylic acids is 1. The average Bonchev–Trinajstić information content (AvgIpc) is 3.05. The Kier molecular flexibility index (Phi) is 6.72. The zero-order valence-electron chi connectivity index (χ0n) is 17.8. The van der Waals surface area contributed by atoms with Gasteiger partial charge in [0.15, 0.2) is 5.82 Å². The molecule has 1 N–H and O–H groups in total. The summed E-state index contributed by atoms with van der Waals surface area (Å²) in [6, 6.07) is 16.7. The van der Waals surface area contributed by atoms with E-state index in [0.717, 1.165) is 44.2 Å². The Labute approximate surface area is 182 Å². The van der Waals surface area contributed by atoms with Gasteiger partial charge in [-0.3, -0.25) is 4.79 Å². The first-order valence-corrected chi connectivity index (χ1v) is 10.8. The fourth-order valence-corrected chi connectivity index (χ4v) is 4.09. The molecule has 0 saturated carbocycles. The van der Waals surface area contributed by atoms with Crippen molar-refractivity contribution in [2.24, 2.45) is 0 Å². The Balaban J connectivity index is 1.31. The predicted octanol–water partition coefficient (Wildman–Crippen LogP) is 2.94. The molecule has 0 bridgehead atoms. The molecule has 31 heavy (non-hydrogen) atoms. The molecular weight excluding hydrogens is 393 g/mol. The summed E-state index contributed by atoms with van der Waals surface area (Å²) in [7, 11) is 0. The van der Waals surface area contributed by atoms with Crippen LogP contribution in [0.3, 0.4) is 0 Å². The Bertz CT molecular complexity index is 1020. The number of carbonyl (C=O) groups is 1. The first-order chi connectivity index (χ1) is 15.1. The van der Waals surface area contributed by atoms with Crippen molar-refractivity contribution < 1.29 is 9.18 Å². The fourth-order valence-electron chi connectivity index (χ4n) is 4.09. The SMILES string of the molecule is C[C@H](CN1CCc2nnc(CNC(=O)Cc3cccc(F)c3)n2CC1)c1ccccc1. The van der Waals surface area contributed by atoms with E-state index >= 15 is 0 Å². The molecule has 162 valence electrons. The van der Waals surface area contributed by atoms with Crippen molar-refractivity contribution in [1.82, 2.24) is 25.0 Å². The number of hydrogen-bond acceptors (Lipinski definition) is 4. The Hall–Kier alpha value is -3.06. The highest BCUT2D eigenvalue weighted by Crippen LogP contribution is 2.18. The van der Waals surface area contributed by atoms with Crippen molar-refractivity contribution in [3.63, 3.8) is 0 Å². The second-order valence-electron chi connectivity index (χ2n) is 8.13. The predicted molar refractivity (Wildman–Crippen MR) is 117 cm³/mol. The molecule has 6 nitrogen and oxygen atoms in total. The van der Waals surface area contributed by atoms with Gasteiger partial charge in [-0.05, 0) is 29.2 Å².